The molecule has 1 amide bonds. The fourth-order valence-electron chi connectivity index (χ4n) is 3.34. The van der Waals surface area contributed by atoms with Crippen molar-refractivity contribution in [2.75, 3.05) is 66.5 Å². The highest BCUT2D eigenvalue weighted by molar-refractivity contribution is 5.77. The number of benzene rings is 1. The minimum atomic E-state index is 0. The molecule has 1 rings (SSSR count). The van der Waals surface area contributed by atoms with E-state index in [1.807, 2.05) is 4.90 Å². The van der Waals surface area contributed by atoms with Crippen LogP contribution < -0.4 is 48.0 Å². The lowest BCUT2D eigenvalue weighted by Crippen LogP contribution is -3.00. The quantitative estimate of drug-likeness (QED) is 0.182. The van der Waals surface area contributed by atoms with Gasteiger partial charge in [0.2, 0.25) is 0 Å². The third-order valence-corrected chi connectivity index (χ3v) is 6.12. The average molecular weight is 617 g/mol. The van der Waals surface area contributed by atoms with Crippen LogP contribution in [0.25, 0.3) is 0 Å². The Morgan fingerprint density at radius 3 is 1.79 bits per heavy atom. The summed E-state index contributed by atoms with van der Waals surface area (Å²) in [5.74, 6) is 0.285. The predicted octanol–water partition coefficient (Wildman–Crippen LogP) is -2.96. The first kappa shape index (κ1) is 30.3. The van der Waals surface area contributed by atoms with Crippen molar-refractivity contribution in [2.45, 2.75) is 34.1 Å². The molecule has 0 spiro atoms. The monoisotopic (exact) mass is 617 g/mol. The van der Waals surface area contributed by atoms with Crippen LogP contribution >= 0.6 is 0 Å². The van der Waals surface area contributed by atoms with Crippen LogP contribution in [0.5, 0.6) is 0 Å². The molecule has 164 valence electrons. The fourth-order valence-corrected chi connectivity index (χ4v) is 3.34. The normalized spacial score (nSPS) is 13.1. The largest absolute Gasteiger partial charge is 1.00 e. The molecule has 0 aliphatic heterocycles. The number of hydrogen-bond donors (Lipinski definition) is 0. The Kier molecular flexibility index (Phi) is 16.2. The van der Waals surface area contributed by atoms with E-state index in [1.54, 1.807) is 0 Å². The summed E-state index contributed by atoms with van der Waals surface area (Å²) >= 11 is 0. The van der Waals surface area contributed by atoms with Gasteiger partial charge in [-0.15, -0.1) is 0 Å². The summed E-state index contributed by atoms with van der Waals surface area (Å²) in [6, 6.07) is 10.6. The van der Waals surface area contributed by atoms with Crippen LogP contribution in [-0.2, 0) is 11.2 Å². The van der Waals surface area contributed by atoms with Crippen LogP contribution in [0, 0.1) is 0 Å². The number of likely N-dealkylation sites (N-methyl/N-ethyl adjacent to an activating group) is 3. The molecule has 0 bridgehead atoms. The third kappa shape index (κ3) is 10.2. The molecular weight excluding hydrogens is 576 g/mol. The summed E-state index contributed by atoms with van der Waals surface area (Å²) in [7, 11) is 4.59. The van der Waals surface area contributed by atoms with Gasteiger partial charge in [0.15, 0.2) is 6.54 Å². The molecule has 28 heavy (non-hydrogen) atoms. The standard InChI is InChI=1S/C22H41N3O.2HI/c1-7-23(8-2)22(26)20-25(6,19-18-24(5,9-3)10-4)17-16-21-14-12-11-13-15-21;;/h11-15H,7-10,16-20H2,1-6H3;2*1H/q+2;;/p-2. The van der Waals surface area contributed by atoms with Gasteiger partial charge in [-0.25, -0.2) is 0 Å². The van der Waals surface area contributed by atoms with Gasteiger partial charge < -0.3 is 61.8 Å². The van der Waals surface area contributed by atoms with Gasteiger partial charge in [0.05, 0.1) is 33.7 Å². The van der Waals surface area contributed by atoms with Crippen LogP contribution in [0.4, 0.5) is 0 Å². The highest BCUT2D eigenvalue weighted by Gasteiger charge is 2.30. The van der Waals surface area contributed by atoms with Crippen molar-refractivity contribution in [1.29, 1.82) is 0 Å². The van der Waals surface area contributed by atoms with E-state index in [2.05, 4.69) is 72.1 Å². The van der Waals surface area contributed by atoms with E-state index in [0.29, 0.717) is 6.54 Å². The topological polar surface area (TPSA) is 20.3 Å². The van der Waals surface area contributed by atoms with Crippen molar-refractivity contribution < 1.29 is 61.7 Å². The number of halogens is 2. The Morgan fingerprint density at radius 1 is 0.821 bits per heavy atom. The molecule has 0 aliphatic rings. The molecule has 0 saturated heterocycles. The summed E-state index contributed by atoms with van der Waals surface area (Å²) in [6.07, 6.45) is 1.02. The van der Waals surface area contributed by atoms with Crippen molar-refractivity contribution in [1.82, 2.24) is 4.90 Å². The van der Waals surface area contributed by atoms with Crippen LogP contribution in [0.3, 0.4) is 0 Å². The number of quaternary nitrogens is 2. The van der Waals surface area contributed by atoms with E-state index in [4.69, 9.17) is 0 Å². The van der Waals surface area contributed by atoms with Gasteiger partial charge >= 0.3 is 0 Å². The second-order valence-corrected chi connectivity index (χ2v) is 8.00. The molecule has 0 radical (unpaired) electrons. The molecule has 4 nitrogen and oxygen atoms in total. The van der Waals surface area contributed by atoms with E-state index in [9.17, 15) is 4.79 Å². The first-order chi connectivity index (χ1) is 12.3. The maximum absolute atomic E-state index is 12.8. The zero-order valence-electron chi connectivity index (χ0n) is 18.8. The smallest absolute Gasteiger partial charge is 0.277 e. The molecule has 0 aliphatic carbocycles. The molecule has 1 unspecified atom stereocenters. The number of carbonyl (C=O) groups excluding carboxylic acids is 1. The minimum absolute atomic E-state index is 0. The lowest BCUT2D eigenvalue weighted by molar-refractivity contribution is -0.958. The summed E-state index contributed by atoms with van der Waals surface area (Å²) in [6.45, 7) is 16.3. The minimum Gasteiger partial charge on any atom is -1.00 e. The van der Waals surface area contributed by atoms with Gasteiger partial charge in [0.1, 0.15) is 13.1 Å². The summed E-state index contributed by atoms with van der Waals surface area (Å²) in [5, 5.41) is 0. The SMILES string of the molecule is CCN(CC)C(=O)C[N+](C)(CCc1ccccc1)CC[N+](C)(CC)CC.[I-].[I-]. The van der Waals surface area contributed by atoms with E-state index >= 15 is 0 Å². The Morgan fingerprint density at radius 2 is 1.32 bits per heavy atom. The maximum Gasteiger partial charge on any atom is 0.277 e. The summed E-state index contributed by atoms with van der Waals surface area (Å²) in [5.41, 5.74) is 1.36. The molecule has 0 heterocycles. The van der Waals surface area contributed by atoms with E-state index in [0.717, 1.165) is 61.2 Å². The van der Waals surface area contributed by atoms with Gasteiger partial charge in [0.25, 0.3) is 5.91 Å². The van der Waals surface area contributed by atoms with Crippen molar-refractivity contribution in [3.8, 4) is 0 Å². The predicted molar refractivity (Wildman–Crippen MR) is 111 cm³/mol. The Bertz CT molecular complexity index is 534. The van der Waals surface area contributed by atoms with E-state index < -0.39 is 0 Å². The Labute approximate surface area is 207 Å². The second-order valence-electron chi connectivity index (χ2n) is 8.00. The lowest BCUT2D eigenvalue weighted by atomic mass is 10.1. The highest BCUT2D eigenvalue weighted by atomic mass is 127. The zero-order chi connectivity index (χ0) is 19.6. The van der Waals surface area contributed by atoms with Crippen molar-refractivity contribution >= 4 is 5.91 Å². The third-order valence-electron chi connectivity index (χ3n) is 6.12. The molecule has 1 aromatic carbocycles. The highest BCUT2D eigenvalue weighted by Crippen LogP contribution is 2.12. The van der Waals surface area contributed by atoms with Gasteiger partial charge in [-0.2, -0.15) is 0 Å². The van der Waals surface area contributed by atoms with Gasteiger partial charge in [-0.1, -0.05) is 30.3 Å². The first-order valence-corrected chi connectivity index (χ1v) is 10.3. The van der Waals surface area contributed by atoms with Gasteiger partial charge in [0, 0.05) is 19.5 Å². The summed E-state index contributed by atoms with van der Waals surface area (Å²) in [4.78, 5) is 14.8. The second kappa shape index (κ2) is 15.0. The van der Waals surface area contributed by atoms with Crippen LogP contribution in [0.1, 0.15) is 33.3 Å². The molecule has 1 aromatic rings. The molecule has 6 heteroatoms. The number of hydrogen-bond acceptors (Lipinski definition) is 1. The Balaban J connectivity index is 0. The van der Waals surface area contributed by atoms with Crippen LogP contribution in [0.2, 0.25) is 0 Å². The summed E-state index contributed by atoms with van der Waals surface area (Å²) < 4.78 is 1.89. The molecule has 0 N–H and O–H groups in total. The molecular formula is C22H41I2N3O. The van der Waals surface area contributed by atoms with E-state index in [1.165, 1.54) is 5.56 Å². The van der Waals surface area contributed by atoms with Crippen molar-refractivity contribution in [3.05, 3.63) is 35.9 Å². The van der Waals surface area contributed by atoms with E-state index in [-0.39, 0.29) is 53.9 Å². The number of amides is 1. The molecule has 0 fully saturated rings. The Hall–Kier alpha value is 0.0700. The van der Waals surface area contributed by atoms with Crippen molar-refractivity contribution in [2.24, 2.45) is 0 Å². The molecule has 0 aromatic heterocycles. The van der Waals surface area contributed by atoms with Gasteiger partial charge in [-0.05, 0) is 33.3 Å². The number of carbonyl (C=O) groups is 1. The average Bonchev–Trinajstić information content (AvgIpc) is 2.66. The molecule has 1 atom stereocenters. The van der Waals surface area contributed by atoms with Crippen LogP contribution in [-0.4, -0.2) is 86.2 Å². The maximum atomic E-state index is 12.8. The fraction of sp³-hybridized carbons (Fsp3) is 0.682. The van der Waals surface area contributed by atoms with Crippen molar-refractivity contribution in [3.63, 3.8) is 0 Å². The molecule has 0 saturated carbocycles. The number of rotatable bonds is 12. The number of nitrogens with zero attached hydrogens (tertiary/aromatic N) is 3. The zero-order valence-corrected chi connectivity index (χ0v) is 23.1. The first-order valence-electron chi connectivity index (χ1n) is 10.3. The lowest BCUT2D eigenvalue weighted by Gasteiger charge is -2.39. The van der Waals surface area contributed by atoms with Crippen LogP contribution in [0.15, 0.2) is 30.3 Å². The van der Waals surface area contributed by atoms with Gasteiger partial charge in [-0.3, -0.25) is 4.79 Å².